The Hall–Kier alpha value is -4.11. The first-order valence-electron chi connectivity index (χ1n) is 10.4. The van der Waals surface area contributed by atoms with Crippen LogP contribution in [0.4, 0.5) is 11.5 Å². The highest BCUT2D eigenvalue weighted by atomic mass is 79.9. The van der Waals surface area contributed by atoms with Crippen LogP contribution in [0.1, 0.15) is 15.2 Å². The van der Waals surface area contributed by atoms with Crippen molar-refractivity contribution in [2.24, 2.45) is 0 Å². The third-order valence-electron chi connectivity index (χ3n) is 5.03. The number of ether oxygens (including phenoxy) is 2. The van der Waals surface area contributed by atoms with Crippen LogP contribution in [0, 0.1) is 21.4 Å². The number of hydrogen-bond donors (Lipinski definition) is 1. The summed E-state index contributed by atoms with van der Waals surface area (Å²) in [5.41, 5.74) is 1.68. The summed E-state index contributed by atoms with van der Waals surface area (Å²) in [6.45, 7) is -0.0144. The van der Waals surface area contributed by atoms with Gasteiger partial charge in [0.1, 0.15) is 17.4 Å². The van der Waals surface area contributed by atoms with Crippen LogP contribution in [0.2, 0.25) is 0 Å². The van der Waals surface area contributed by atoms with Gasteiger partial charge in [0.15, 0.2) is 12.6 Å². The number of thiophene rings is 1. The molecule has 0 saturated heterocycles. The van der Waals surface area contributed by atoms with Crippen molar-refractivity contribution in [3.63, 3.8) is 0 Å². The topological polar surface area (TPSA) is 127 Å². The Labute approximate surface area is 218 Å². The summed E-state index contributed by atoms with van der Waals surface area (Å²) in [6.07, 6.45) is 0. The Bertz CT molecular complexity index is 1480. The van der Waals surface area contributed by atoms with Crippen LogP contribution in [-0.2, 0) is 4.74 Å². The summed E-state index contributed by atoms with van der Waals surface area (Å²) in [5, 5.41) is 25.9. The number of aromatic nitrogens is 1. The Morgan fingerprint density at radius 3 is 2.72 bits per heavy atom. The molecule has 0 aliphatic heterocycles. The molecule has 9 nitrogen and oxygen atoms in total. The van der Waals surface area contributed by atoms with Crippen LogP contribution < -0.4 is 10.1 Å². The van der Waals surface area contributed by atoms with E-state index in [9.17, 15) is 20.2 Å². The van der Waals surface area contributed by atoms with Gasteiger partial charge in [-0.25, -0.2) is 4.98 Å². The standard InChI is InChI=1S/C25H17BrN4O5S/c1-34-14-35-22-11-16(26)7-8-18(22)21-12-19(15-4-2-5-17(10-15)30(32)33)20(13-27)24(28-21)29-25(31)23-6-3-9-36-23/h2-12H,14H2,1H3,(H,28,29,31). The van der Waals surface area contributed by atoms with Gasteiger partial charge >= 0.3 is 0 Å². The number of nitriles is 1. The van der Waals surface area contributed by atoms with E-state index in [0.717, 1.165) is 4.47 Å². The second kappa shape index (κ2) is 11.1. The van der Waals surface area contributed by atoms with Gasteiger partial charge in [-0.1, -0.05) is 34.1 Å². The van der Waals surface area contributed by atoms with Crippen molar-refractivity contribution in [1.82, 2.24) is 4.98 Å². The predicted octanol–water partition coefficient (Wildman–Crippen LogP) is 6.25. The van der Waals surface area contributed by atoms with Crippen LogP contribution in [0.25, 0.3) is 22.4 Å². The van der Waals surface area contributed by atoms with E-state index >= 15 is 0 Å². The summed E-state index contributed by atoms with van der Waals surface area (Å²) >= 11 is 4.67. The number of methoxy groups -OCH3 is 1. The van der Waals surface area contributed by atoms with E-state index in [1.807, 2.05) is 0 Å². The molecule has 0 saturated carbocycles. The minimum Gasteiger partial charge on any atom is -0.467 e. The first-order valence-corrected chi connectivity index (χ1v) is 12.0. The number of nitro groups is 1. The molecule has 11 heteroatoms. The Kier molecular flexibility index (Phi) is 7.70. The molecular formula is C25H17BrN4O5S. The van der Waals surface area contributed by atoms with Crippen LogP contribution in [0.3, 0.4) is 0 Å². The van der Waals surface area contributed by atoms with Crippen molar-refractivity contribution in [2.75, 3.05) is 19.2 Å². The van der Waals surface area contributed by atoms with Crippen molar-refractivity contribution in [1.29, 1.82) is 5.26 Å². The zero-order valence-electron chi connectivity index (χ0n) is 18.7. The molecule has 36 heavy (non-hydrogen) atoms. The van der Waals surface area contributed by atoms with Crippen molar-refractivity contribution in [2.45, 2.75) is 0 Å². The molecular weight excluding hydrogens is 548 g/mol. The van der Waals surface area contributed by atoms with Crippen molar-refractivity contribution < 1.29 is 19.2 Å². The summed E-state index contributed by atoms with van der Waals surface area (Å²) < 4.78 is 11.5. The lowest BCUT2D eigenvalue weighted by molar-refractivity contribution is -0.384. The molecule has 0 unspecified atom stereocenters. The fourth-order valence-electron chi connectivity index (χ4n) is 3.43. The fourth-order valence-corrected chi connectivity index (χ4v) is 4.39. The monoisotopic (exact) mass is 564 g/mol. The van der Waals surface area contributed by atoms with E-state index in [2.05, 4.69) is 32.3 Å². The number of carbonyl (C=O) groups is 1. The molecule has 0 atom stereocenters. The van der Waals surface area contributed by atoms with Gasteiger partial charge in [0.05, 0.1) is 15.5 Å². The number of carbonyl (C=O) groups excluding carboxylic acids is 1. The van der Waals surface area contributed by atoms with Gasteiger partial charge in [-0.15, -0.1) is 11.3 Å². The summed E-state index contributed by atoms with van der Waals surface area (Å²) in [6, 6.07) is 18.4. The van der Waals surface area contributed by atoms with Gasteiger partial charge in [0, 0.05) is 34.8 Å². The quantitative estimate of drug-likeness (QED) is 0.152. The number of anilines is 1. The second-order valence-electron chi connectivity index (χ2n) is 7.32. The number of hydrogen-bond acceptors (Lipinski definition) is 8. The number of nitrogens with zero attached hydrogens (tertiary/aromatic N) is 3. The largest absolute Gasteiger partial charge is 0.467 e. The lowest BCUT2D eigenvalue weighted by Crippen LogP contribution is -2.14. The number of nitro benzene ring substituents is 1. The molecule has 2 heterocycles. The molecule has 2 aromatic carbocycles. The molecule has 0 fully saturated rings. The van der Waals surface area contributed by atoms with Crippen molar-refractivity contribution >= 4 is 44.7 Å². The lowest BCUT2D eigenvalue weighted by Gasteiger charge is -2.16. The van der Waals surface area contributed by atoms with Crippen LogP contribution >= 0.6 is 27.3 Å². The first-order chi connectivity index (χ1) is 17.4. The van der Waals surface area contributed by atoms with E-state index in [1.54, 1.807) is 47.8 Å². The second-order valence-corrected chi connectivity index (χ2v) is 9.18. The molecule has 4 rings (SSSR count). The maximum atomic E-state index is 12.8. The molecule has 4 aromatic rings. The Morgan fingerprint density at radius 2 is 2.03 bits per heavy atom. The van der Waals surface area contributed by atoms with E-state index in [-0.39, 0.29) is 23.9 Å². The summed E-state index contributed by atoms with van der Waals surface area (Å²) in [5.74, 6) is 0.0438. The molecule has 0 aliphatic rings. The zero-order chi connectivity index (χ0) is 25.7. The normalized spacial score (nSPS) is 10.5. The average Bonchev–Trinajstić information content (AvgIpc) is 3.42. The van der Waals surface area contributed by atoms with E-state index < -0.39 is 10.8 Å². The molecule has 0 bridgehead atoms. The molecule has 0 aliphatic carbocycles. The van der Waals surface area contributed by atoms with E-state index in [4.69, 9.17) is 9.47 Å². The lowest BCUT2D eigenvalue weighted by atomic mass is 9.97. The third-order valence-corrected chi connectivity index (χ3v) is 6.39. The van der Waals surface area contributed by atoms with Gasteiger partial charge < -0.3 is 14.8 Å². The molecule has 180 valence electrons. The number of amides is 1. The summed E-state index contributed by atoms with van der Waals surface area (Å²) in [7, 11) is 1.50. The Balaban J connectivity index is 1.94. The predicted molar refractivity (Wildman–Crippen MR) is 139 cm³/mol. The molecule has 1 N–H and O–H groups in total. The average molecular weight is 565 g/mol. The van der Waals surface area contributed by atoms with Crippen molar-refractivity contribution in [3.05, 3.63) is 91.1 Å². The fraction of sp³-hybridized carbons (Fsp3) is 0.0800. The van der Waals surface area contributed by atoms with Gasteiger partial charge in [-0.3, -0.25) is 14.9 Å². The zero-order valence-corrected chi connectivity index (χ0v) is 21.1. The molecule has 0 spiro atoms. The van der Waals surface area contributed by atoms with Crippen LogP contribution in [0.5, 0.6) is 5.75 Å². The summed E-state index contributed by atoms with van der Waals surface area (Å²) in [4.78, 5) is 28.8. The first kappa shape index (κ1) is 25.0. The number of non-ortho nitro benzene ring substituents is 1. The van der Waals surface area contributed by atoms with Crippen molar-refractivity contribution in [3.8, 4) is 34.2 Å². The third kappa shape index (κ3) is 5.41. The number of nitrogens with one attached hydrogen (secondary N) is 1. The van der Waals surface area contributed by atoms with Gasteiger partial charge in [0.25, 0.3) is 11.6 Å². The van der Waals surface area contributed by atoms with E-state index in [1.165, 1.54) is 36.6 Å². The highest BCUT2D eigenvalue weighted by Crippen LogP contribution is 2.38. The van der Waals surface area contributed by atoms with Crippen LogP contribution in [0.15, 0.2) is 70.5 Å². The van der Waals surface area contributed by atoms with Gasteiger partial charge in [-0.2, -0.15) is 5.26 Å². The van der Waals surface area contributed by atoms with E-state index in [0.29, 0.717) is 33.0 Å². The van der Waals surface area contributed by atoms with Crippen LogP contribution in [-0.4, -0.2) is 29.7 Å². The SMILES string of the molecule is COCOc1cc(Br)ccc1-c1cc(-c2cccc([N+](=O)[O-])c2)c(C#N)c(NC(=O)c2cccs2)n1. The number of benzene rings is 2. The Morgan fingerprint density at radius 1 is 1.19 bits per heavy atom. The molecule has 0 radical (unpaired) electrons. The highest BCUT2D eigenvalue weighted by Gasteiger charge is 2.21. The molecule has 1 amide bonds. The maximum Gasteiger partial charge on any atom is 0.270 e. The minimum absolute atomic E-state index is 0.0144. The minimum atomic E-state index is -0.511. The number of halogens is 1. The number of rotatable bonds is 8. The van der Waals surface area contributed by atoms with Gasteiger partial charge in [0.2, 0.25) is 0 Å². The van der Waals surface area contributed by atoms with Gasteiger partial charge in [-0.05, 0) is 41.3 Å². The smallest absolute Gasteiger partial charge is 0.270 e. The maximum absolute atomic E-state index is 12.8. The molecule has 2 aromatic heterocycles. The highest BCUT2D eigenvalue weighted by molar-refractivity contribution is 9.10. The number of pyridine rings is 1.